The molecule has 0 aromatic carbocycles. The number of aryl methyl sites for hydroxylation is 1. The molecule has 1 N–H and O–H groups in total. The highest BCUT2D eigenvalue weighted by Gasteiger charge is 2.19. The highest BCUT2D eigenvalue weighted by Crippen LogP contribution is 2.24. The van der Waals surface area contributed by atoms with E-state index in [1.54, 1.807) is 18.3 Å². The van der Waals surface area contributed by atoms with Crippen LogP contribution in [0.15, 0.2) is 18.3 Å². The molecule has 0 fully saturated rings. The third-order valence-electron chi connectivity index (χ3n) is 3.62. The molecule has 0 aliphatic rings. The molecule has 6 heteroatoms. The fourth-order valence-electron chi connectivity index (χ4n) is 2.45. The fraction of sp³-hybridized carbons (Fsp3) is 0.500. The highest BCUT2D eigenvalue weighted by atomic mass is 16.5. The zero-order valence-electron chi connectivity index (χ0n) is 15.3. The number of nitrogens with zero attached hydrogens (tertiary/aromatic N) is 3. The first-order valence-corrected chi connectivity index (χ1v) is 8.26. The van der Waals surface area contributed by atoms with Crippen LogP contribution in [0.2, 0.25) is 0 Å². The zero-order valence-corrected chi connectivity index (χ0v) is 15.3. The standard InChI is InChI=1S/C18H26N4O2/c1-11(2)10-24-18-15(8-7-9-19-18)17(23)20-16-13(5)21-22(12(3)4)14(16)6/h7-9,11-12H,10H2,1-6H3,(H,20,23). The van der Waals surface area contributed by atoms with Gasteiger partial charge in [-0.3, -0.25) is 9.48 Å². The van der Waals surface area contributed by atoms with Gasteiger partial charge in [0.15, 0.2) is 0 Å². The third kappa shape index (κ3) is 3.93. The minimum atomic E-state index is -0.239. The second kappa shape index (κ2) is 7.47. The van der Waals surface area contributed by atoms with E-state index in [9.17, 15) is 4.79 Å². The number of carbonyl (C=O) groups is 1. The third-order valence-corrected chi connectivity index (χ3v) is 3.62. The van der Waals surface area contributed by atoms with Gasteiger partial charge in [-0.25, -0.2) is 4.98 Å². The summed E-state index contributed by atoms with van der Waals surface area (Å²) in [7, 11) is 0. The van der Waals surface area contributed by atoms with Crippen LogP contribution in [0, 0.1) is 19.8 Å². The number of carbonyl (C=O) groups excluding carboxylic acids is 1. The molecule has 0 saturated carbocycles. The van der Waals surface area contributed by atoms with Crippen LogP contribution in [-0.4, -0.2) is 27.3 Å². The number of nitrogens with one attached hydrogen (secondary N) is 1. The Kier molecular flexibility index (Phi) is 5.59. The van der Waals surface area contributed by atoms with Gasteiger partial charge in [-0.1, -0.05) is 13.8 Å². The molecule has 2 aromatic rings. The van der Waals surface area contributed by atoms with Crippen molar-refractivity contribution >= 4 is 11.6 Å². The molecular formula is C18H26N4O2. The predicted molar refractivity (Wildman–Crippen MR) is 94.6 cm³/mol. The molecule has 130 valence electrons. The average molecular weight is 330 g/mol. The van der Waals surface area contributed by atoms with Crippen molar-refractivity contribution in [1.82, 2.24) is 14.8 Å². The normalized spacial score (nSPS) is 11.2. The van der Waals surface area contributed by atoms with E-state index in [0.717, 1.165) is 17.1 Å². The molecule has 0 unspecified atom stereocenters. The van der Waals surface area contributed by atoms with Gasteiger partial charge in [0.05, 0.1) is 23.7 Å². The lowest BCUT2D eigenvalue weighted by molar-refractivity contribution is 0.102. The summed E-state index contributed by atoms with van der Waals surface area (Å²) in [5.41, 5.74) is 2.90. The van der Waals surface area contributed by atoms with Gasteiger partial charge in [-0.15, -0.1) is 0 Å². The number of anilines is 1. The Morgan fingerprint density at radius 3 is 2.58 bits per heavy atom. The monoisotopic (exact) mass is 330 g/mol. The smallest absolute Gasteiger partial charge is 0.261 e. The quantitative estimate of drug-likeness (QED) is 0.875. The number of rotatable bonds is 6. The second-order valence-corrected chi connectivity index (χ2v) is 6.60. The molecule has 0 radical (unpaired) electrons. The van der Waals surface area contributed by atoms with E-state index in [2.05, 4.69) is 43.1 Å². The minimum absolute atomic E-state index is 0.234. The molecule has 1 amide bonds. The van der Waals surface area contributed by atoms with Gasteiger partial charge in [-0.2, -0.15) is 5.10 Å². The summed E-state index contributed by atoms with van der Waals surface area (Å²) in [6.45, 7) is 12.6. The Balaban J connectivity index is 2.25. The van der Waals surface area contributed by atoms with Crippen LogP contribution >= 0.6 is 0 Å². The fourth-order valence-corrected chi connectivity index (χ4v) is 2.45. The number of aromatic nitrogens is 3. The van der Waals surface area contributed by atoms with E-state index in [1.165, 1.54) is 0 Å². The Labute approximate surface area is 143 Å². The Hall–Kier alpha value is -2.37. The maximum absolute atomic E-state index is 12.7. The van der Waals surface area contributed by atoms with Crippen LogP contribution < -0.4 is 10.1 Å². The SMILES string of the molecule is Cc1nn(C(C)C)c(C)c1NC(=O)c1cccnc1OCC(C)C. The molecule has 0 aliphatic carbocycles. The van der Waals surface area contributed by atoms with Crippen molar-refractivity contribution in [3.05, 3.63) is 35.3 Å². The van der Waals surface area contributed by atoms with Gasteiger partial charge >= 0.3 is 0 Å². The number of hydrogen-bond acceptors (Lipinski definition) is 4. The largest absolute Gasteiger partial charge is 0.477 e. The molecule has 0 saturated heterocycles. The van der Waals surface area contributed by atoms with E-state index in [4.69, 9.17) is 4.74 Å². The van der Waals surface area contributed by atoms with Crippen molar-refractivity contribution in [3.8, 4) is 5.88 Å². The molecule has 0 bridgehead atoms. The van der Waals surface area contributed by atoms with E-state index >= 15 is 0 Å². The summed E-state index contributed by atoms with van der Waals surface area (Å²) in [5, 5.41) is 7.45. The lowest BCUT2D eigenvalue weighted by atomic mass is 10.2. The molecule has 2 heterocycles. The summed E-state index contributed by atoms with van der Waals surface area (Å²) in [5.74, 6) is 0.475. The molecule has 24 heavy (non-hydrogen) atoms. The lowest BCUT2D eigenvalue weighted by Gasteiger charge is -2.12. The van der Waals surface area contributed by atoms with Crippen molar-refractivity contribution < 1.29 is 9.53 Å². The summed E-state index contributed by atoms with van der Waals surface area (Å²) < 4.78 is 7.58. The predicted octanol–water partition coefficient (Wildman–Crippen LogP) is 3.76. The first kappa shape index (κ1) is 18.0. The molecule has 2 aromatic heterocycles. The molecule has 0 spiro atoms. The lowest BCUT2D eigenvalue weighted by Crippen LogP contribution is -2.16. The van der Waals surface area contributed by atoms with Crippen molar-refractivity contribution in [3.63, 3.8) is 0 Å². The van der Waals surface area contributed by atoms with Crippen molar-refractivity contribution in [2.24, 2.45) is 5.92 Å². The summed E-state index contributed by atoms with van der Waals surface area (Å²) in [6, 6.07) is 3.68. The molecule has 0 aliphatic heterocycles. The Morgan fingerprint density at radius 2 is 2.00 bits per heavy atom. The number of amides is 1. The second-order valence-electron chi connectivity index (χ2n) is 6.60. The average Bonchev–Trinajstić information content (AvgIpc) is 2.81. The van der Waals surface area contributed by atoms with Crippen LogP contribution in [0.1, 0.15) is 55.5 Å². The summed E-state index contributed by atoms with van der Waals surface area (Å²) in [4.78, 5) is 16.9. The van der Waals surface area contributed by atoms with Crippen LogP contribution in [0.25, 0.3) is 0 Å². The molecule has 6 nitrogen and oxygen atoms in total. The number of hydrogen-bond donors (Lipinski definition) is 1. The maximum Gasteiger partial charge on any atom is 0.261 e. The maximum atomic E-state index is 12.7. The van der Waals surface area contributed by atoms with Gasteiger partial charge in [0.25, 0.3) is 5.91 Å². The van der Waals surface area contributed by atoms with Crippen LogP contribution in [-0.2, 0) is 0 Å². The Morgan fingerprint density at radius 1 is 1.29 bits per heavy atom. The topological polar surface area (TPSA) is 69.0 Å². The van der Waals surface area contributed by atoms with Crippen LogP contribution in [0.5, 0.6) is 5.88 Å². The molecular weight excluding hydrogens is 304 g/mol. The van der Waals surface area contributed by atoms with Gasteiger partial charge in [-0.05, 0) is 45.7 Å². The van der Waals surface area contributed by atoms with E-state index < -0.39 is 0 Å². The van der Waals surface area contributed by atoms with Crippen LogP contribution in [0.4, 0.5) is 5.69 Å². The van der Waals surface area contributed by atoms with Crippen molar-refractivity contribution in [1.29, 1.82) is 0 Å². The van der Waals surface area contributed by atoms with E-state index in [-0.39, 0.29) is 11.9 Å². The number of pyridine rings is 1. The zero-order chi connectivity index (χ0) is 17.9. The van der Waals surface area contributed by atoms with Gasteiger partial charge < -0.3 is 10.1 Å². The highest BCUT2D eigenvalue weighted by molar-refractivity contribution is 6.06. The van der Waals surface area contributed by atoms with Crippen molar-refractivity contribution in [2.45, 2.75) is 47.6 Å². The van der Waals surface area contributed by atoms with Gasteiger partial charge in [0, 0.05) is 12.2 Å². The first-order chi connectivity index (χ1) is 11.3. The minimum Gasteiger partial charge on any atom is -0.477 e. The van der Waals surface area contributed by atoms with Crippen LogP contribution in [0.3, 0.4) is 0 Å². The van der Waals surface area contributed by atoms with E-state index in [0.29, 0.717) is 24.0 Å². The van der Waals surface area contributed by atoms with E-state index in [1.807, 2.05) is 18.5 Å². The first-order valence-electron chi connectivity index (χ1n) is 8.26. The van der Waals surface area contributed by atoms with Crippen molar-refractivity contribution in [2.75, 3.05) is 11.9 Å². The molecule has 0 atom stereocenters. The number of ether oxygens (including phenoxy) is 1. The van der Waals surface area contributed by atoms with Gasteiger partial charge in [0.2, 0.25) is 5.88 Å². The summed E-state index contributed by atoms with van der Waals surface area (Å²) in [6.07, 6.45) is 1.62. The van der Waals surface area contributed by atoms with Gasteiger partial charge in [0.1, 0.15) is 5.56 Å². The molecule has 2 rings (SSSR count). The Bertz CT molecular complexity index is 720. The summed E-state index contributed by atoms with van der Waals surface area (Å²) >= 11 is 0.